The molecule has 3 aliphatic heterocycles. The van der Waals surface area contributed by atoms with Gasteiger partial charge in [-0.3, -0.25) is 63.8 Å². The van der Waals surface area contributed by atoms with E-state index >= 15 is 0 Å². The molecule has 8 unspecified atom stereocenters. The number of hydrogen-bond donors (Lipinski definition) is 14. The van der Waals surface area contributed by atoms with Gasteiger partial charge in [0.1, 0.15) is 48.8 Å². The Kier molecular flexibility index (Phi) is 28.1. The Labute approximate surface area is 459 Å². The fourth-order valence-electron chi connectivity index (χ4n) is 5.98. The van der Waals surface area contributed by atoms with Crippen LogP contribution in [0.2, 0.25) is 0 Å². The predicted octanol–water partition coefficient (Wildman–Crippen LogP) is -24.0. The zero-order valence-electron chi connectivity index (χ0n) is 28.9. The van der Waals surface area contributed by atoms with E-state index in [9.17, 15) is 45.2 Å². The second-order valence-electron chi connectivity index (χ2n) is 11.4. The first-order valence-electron chi connectivity index (χ1n) is 14.9. The Morgan fingerprint density at radius 1 is 0.780 bits per heavy atom. The van der Waals surface area contributed by atoms with Crippen LogP contribution in [0, 0.1) is 0 Å². The molecule has 262 valence electrons. The molecule has 0 amide bonds. The van der Waals surface area contributed by atoms with Crippen LogP contribution in [0.25, 0.3) is 0 Å². The quantitative estimate of drug-likeness (QED) is 0.0201. The molecule has 4 fully saturated rings. The zero-order valence-corrected chi connectivity index (χ0v) is 41.3. The number of hydrogen-bond acceptors (Lipinski definition) is 22. The molecule has 50 heavy (non-hydrogen) atoms. The van der Waals surface area contributed by atoms with Gasteiger partial charge in [0, 0.05) is 37.6 Å². The molecule has 4 aliphatic rings. The van der Waals surface area contributed by atoms with Crippen molar-refractivity contribution in [3.63, 3.8) is 0 Å². The monoisotopic (exact) mass is 814 g/mol. The van der Waals surface area contributed by atoms with Crippen LogP contribution < -0.4 is 290 Å². The number of nitrogens with one attached hydrogen (secondary N) is 12. The fourth-order valence-corrected chi connectivity index (χ4v) is 5.98. The number of aliphatic hydroxyl groups is 2. The molecule has 26 heteroatoms. The van der Waals surface area contributed by atoms with Gasteiger partial charge in [0.25, 0.3) is 0 Å². The molecule has 22 nitrogen and oxygen atoms in total. The summed E-state index contributed by atoms with van der Waals surface area (Å²) in [6.45, 7) is 3.36. The third-order valence-electron chi connectivity index (χ3n) is 8.24. The number of carbonyl (C=O) groups excluding carboxylic acids is 3. The van der Waals surface area contributed by atoms with Crippen LogP contribution >= 0.6 is 0 Å². The Bertz CT molecular complexity index is 1110. The molecule has 0 bridgehead atoms. The maximum Gasteiger partial charge on any atom is 1.00 e. The Morgan fingerprint density at radius 2 is 1.26 bits per heavy atom. The average Bonchev–Trinajstić information content (AvgIpc) is 3.61. The fraction of sp³-hybridized carbons (Fsp3) is 0.792. The summed E-state index contributed by atoms with van der Waals surface area (Å²) >= 11 is 0. The smallest absolute Gasteiger partial charge is 0.664 e. The van der Waals surface area contributed by atoms with E-state index in [2.05, 4.69) is 75.3 Å². The second-order valence-corrected chi connectivity index (χ2v) is 11.4. The molecule has 3 saturated heterocycles. The summed E-state index contributed by atoms with van der Waals surface area (Å²) < 4.78 is 0. The van der Waals surface area contributed by atoms with E-state index in [-0.39, 0.29) is 244 Å². The molecule has 3 heterocycles. The van der Waals surface area contributed by atoms with Gasteiger partial charge in [0.05, 0.1) is 25.2 Å². The van der Waals surface area contributed by atoms with Gasteiger partial charge in [-0.25, -0.2) is 0 Å². The van der Waals surface area contributed by atoms with E-state index in [4.69, 9.17) is 0 Å². The molecule has 14 N–H and O–H groups in total. The van der Waals surface area contributed by atoms with Crippen molar-refractivity contribution in [3.05, 3.63) is 12.3 Å². The van der Waals surface area contributed by atoms with Crippen LogP contribution in [0.3, 0.4) is 0 Å². The second kappa shape index (κ2) is 26.1. The molecule has 0 aromatic rings. The van der Waals surface area contributed by atoms with Gasteiger partial charge in [-0.05, 0) is 25.7 Å². The maximum absolute atomic E-state index is 12.0. The van der Waals surface area contributed by atoms with Crippen LogP contribution in [0.4, 0.5) is 0 Å². The minimum Gasteiger partial charge on any atom is -0.664 e. The molecule has 0 aromatic heterocycles. The van der Waals surface area contributed by atoms with Crippen molar-refractivity contribution in [1.29, 1.82) is 0 Å². The summed E-state index contributed by atoms with van der Waals surface area (Å²) in [6, 6.07) is -1.63. The maximum atomic E-state index is 12.0. The summed E-state index contributed by atoms with van der Waals surface area (Å²) in [4.78, 5) is 38.6. The Hall–Kier alpha value is 3.90. The summed E-state index contributed by atoms with van der Waals surface area (Å²) in [5.41, 5.74) is -1.96. The third-order valence-corrected chi connectivity index (χ3v) is 8.24. The molecular weight excluding hydrogens is 773 g/mol. The third kappa shape index (κ3) is 15.2. The summed E-state index contributed by atoms with van der Waals surface area (Å²) in [7, 11) is 0. The molecule has 1 saturated carbocycles. The topological polar surface area (TPSA) is 347 Å². The first-order chi connectivity index (χ1) is 21.9. The average molecular weight is 815 g/mol. The molecular formula is C24H42K4N12O10. The number of carboxylic acids is 3. The van der Waals surface area contributed by atoms with Gasteiger partial charge in [-0.1, -0.05) is 6.58 Å². The zero-order chi connectivity index (χ0) is 33.5. The summed E-state index contributed by atoms with van der Waals surface area (Å²) in [6.07, 6.45) is -1.43. The normalized spacial score (nSPS) is 33.6. The van der Waals surface area contributed by atoms with Crippen molar-refractivity contribution in [2.24, 2.45) is 0 Å². The van der Waals surface area contributed by atoms with Crippen LogP contribution in [0.5, 0.6) is 0 Å². The van der Waals surface area contributed by atoms with Gasteiger partial charge in [-0.15, -0.1) is 0 Å². The number of carboxylic acid groups (broad SMARTS) is 3. The van der Waals surface area contributed by atoms with Crippen LogP contribution in [-0.2, 0) is 19.3 Å². The largest absolute Gasteiger partial charge is 1.00 e. The summed E-state index contributed by atoms with van der Waals surface area (Å²) in [5, 5.41) is 101. The molecule has 1 aliphatic carbocycles. The first-order valence-corrected chi connectivity index (χ1v) is 14.9. The molecule has 0 radical (unpaired) electrons. The Balaban J connectivity index is 0.00000600. The van der Waals surface area contributed by atoms with Gasteiger partial charge < -0.3 is 50.1 Å². The SMILES string of the molecule is C=C(O[O-])C(NC1NC(NCCO)NC(NC2CCC(NC3NC(NCCO)NC4(N3)NC4(CC(=O)[O-])C(=O)[O-])CC2)N1)C(=O)[O-].[K+].[K+].[K+].[K+]. The van der Waals surface area contributed by atoms with Crippen molar-refractivity contribution in [2.45, 2.75) is 93.0 Å². The standard InChI is InChI=1S/C24H46N12O10.4K/c1-11(46-45)15(16(41)42)29-21-31-18(25-6-8-37)30-20(33-21)27-12-2-4-13(5-3-12)28-22-32-19(26-7-9-38)34-24(35-22)23(36-24,17(43)44)10-14(39)40;;;;/h12-13,15,18-22,25-38,45H,1-10H2,(H,39,40)(H,41,42)(H,43,44);;;;/q;4*+1/p-4. The van der Waals surface area contributed by atoms with E-state index in [0.29, 0.717) is 25.7 Å². The van der Waals surface area contributed by atoms with Crippen LogP contribution in [0.15, 0.2) is 12.3 Å². The van der Waals surface area contributed by atoms with Gasteiger partial charge >= 0.3 is 206 Å². The van der Waals surface area contributed by atoms with Crippen molar-refractivity contribution >= 4 is 17.9 Å². The summed E-state index contributed by atoms with van der Waals surface area (Å²) in [5.74, 6) is -6.91. The van der Waals surface area contributed by atoms with Crippen molar-refractivity contribution in [3.8, 4) is 0 Å². The van der Waals surface area contributed by atoms with Crippen molar-refractivity contribution < 1.29 is 256 Å². The van der Waals surface area contributed by atoms with Crippen molar-refractivity contribution in [2.75, 3.05) is 26.3 Å². The van der Waals surface area contributed by atoms with E-state index in [0.717, 1.165) is 0 Å². The Morgan fingerprint density at radius 3 is 1.76 bits per heavy atom. The van der Waals surface area contributed by atoms with Gasteiger partial charge in [0.2, 0.25) is 0 Å². The van der Waals surface area contributed by atoms with Gasteiger partial charge in [-0.2, -0.15) is 0 Å². The molecule has 8 atom stereocenters. The minimum atomic E-state index is -1.96. The predicted molar refractivity (Wildman–Crippen MR) is 146 cm³/mol. The van der Waals surface area contributed by atoms with E-state index in [1.165, 1.54) is 0 Å². The van der Waals surface area contributed by atoms with E-state index < -0.39 is 78.9 Å². The number of aliphatic carboxylic acids is 3. The first kappa shape index (κ1) is 53.9. The number of rotatable bonds is 18. The number of aliphatic hydroxyl groups excluding tert-OH is 2. The van der Waals surface area contributed by atoms with Crippen LogP contribution in [-0.4, -0.2) is 115 Å². The minimum absolute atomic E-state index is 0. The molecule has 4 rings (SSSR count). The van der Waals surface area contributed by atoms with E-state index in [1.54, 1.807) is 0 Å². The van der Waals surface area contributed by atoms with Crippen molar-refractivity contribution in [1.82, 2.24) is 63.8 Å². The van der Waals surface area contributed by atoms with E-state index in [1.807, 2.05) is 0 Å². The molecule has 1 spiro atoms. The van der Waals surface area contributed by atoms with Crippen LogP contribution in [0.1, 0.15) is 32.1 Å². The number of carbonyl (C=O) groups is 3. The molecule has 0 aromatic carbocycles. The van der Waals surface area contributed by atoms with Gasteiger partial charge in [0.15, 0.2) is 5.79 Å².